The van der Waals surface area contributed by atoms with E-state index in [0.717, 1.165) is 37.2 Å². The Morgan fingerprint density at radius 3 is 2.78 bits per heavy atom. The Hall–Kier alpha value is -1.82. The van der Waals surface area contributed by atoms with Crippen LogP contribution in [-0.4, -0.2) is 37.0 Å². The molecule has 0 saturated carbocycles. The number of nitrogens with zero attached hydrogens (tertiary/aromatic N) is 3. The Labute approximate surface area is 137 Å². The molecule has 1 aliphatic heterocycles. The second kappa shape index (κ2) is 6.35. The molecular weight excluding hydrogens is 310 g/mol. The number of benzene rings is 1. The van der Waals surface area contributed by atoms with E-state index in [1.807, 2.05) is 29.9 Å². The van der Waals surface area contributed by atoms with Crippen LogP contribution in [0.3, 0.4) is 0 Å². The van der Waals surface area contributed by atoms with E-state index in [-0.39, 0.29) is 11.8 Å². The minimum Gasteiger partial charge on any atom is -0.368 e. The Kier molecular flexibility index (Phi) is 4.43. The summed E-state index contributed by atoms with van der Waals surface area (Å²) in [6.45, 7) is 5.40. The highest BCUT2D eigenvalue weighted by Gasteiger charge is 2.26. The maximum absolute atomic E-state index is 12.4. The molecule has 2 aromatic rings. The number of anilines is 1. The van der Waals surface area contributed by atoms with Gasteiger partial charge in [-0.2, -0.15) is 5.10 Å². The molecule has 1 aromatic carbocycles. The lowest BCUT2D eigenvalue weighted by Gasteiger charge is -2.35. The first-order valence-electron chi connectivity index (χ1n) is 8.09. The van der Waals surface area contributed by atoms with Crippen molar-refractivity contribution >= 4 is 15.5 Å². The van der Waals surface area contributed by atoms with Crippen LogP contribution in [0, 0.1) is 6.92 Å². The van der Waals surface area contributed by atoms with Crippen molar-refractivity contribution in [2.24, 2.45) is 0 Å². The van der Waals surface area contributed by atoms with Crippen molar-refractivity contribution < 1.29 is 8.42 Å². The zero-order chi connectivity index (χ0) is 16.4. The number of aryl methyl sites for hydroxylation is 1. The highest BCUT2D eigenvalue weighted by molar-refractivity contribution is 7.91. The van der Waals surface area contributed by atoms with Gasteiger partial charge in [0.25, 0.3) is 0 Å². The van der Waals surface area contributed by atoms with Gasteiger partial charge in [0.05, 0.1) is 28.6 Å². The molecule has 2 heterocycles. The Balaban J connectivity index is 1.90. The lowest BCUT2D eigenvalue weighted by Crippen LogP contribution is -2.37. The van der Waals surface area contributed by atoms with E-state index in [2.05, 4.69) is 16.2 Å². The summed E-state index contributed by atoms with van der Waals surface area (Å²) in [7, 11) is -3.22. The summed E-state index contributed by atoms with van der Waals surface area (Å²) in [6, 6.07) is 7.63. The van der Waals surface area contributed by atoms with Gasteiger partial charge in [-0.05, 0) is 37.5 Å². The molecule has 1 saturated heterocycles. The molecule has 5 nitrogen and oxygen atoms in total. The van der Waals surface area contributed by atoms with Crippen molar-refractivity contribution in [3.8, 4) is 0 Å². The molecule has 23 heavy (non-hydrogen) atoms. The van der Waals surface area contributed by atoms with Gasteiger partial charge in [0.1, 0.15) is 0 Å². The first-order valence-corrected chi connectivity index (χ1v) is 9.74. The molecule has 0 radical (unpaired) electrons. The standard InChI is InChI=1S/C17H23N3O2S/c1-3-23(21,22)17-9-5-4-8-16(17)19-10-6-7-15(13-19)20-12-14(2)11-18-20/h4-5,8-9,11-12,15H,3,6-7,10,13H2,1-2H3/t15-/m0/s1. The van der Waals surface area contributed by atoms with Gasteiger partial charge >= 0.3 is 0 Å². The molecular formula is C17H23N3O2S. The lowest BCUT2D eigenvalue weighted by molar-refractivity contribution is 0.375. The average molecular weight is 333 g/mol. The number of para-hydroxylation sites is 1. The molecule has 1 atom stereocenters. The third-order valence-electron chi connectivity index (χ3n) is 4.42. The minimum absolute atomic E-state index is 0.125. The van der Waals surface area contributed by atoms with Crippen LogP contribution in [0.2, 0.25) is 0 Å². The SMILES string of the molecule is CCS(=O)(=O)c1ccccc1N1CCC[C@H](n2cc(C)cn2)C1. The maximum atomic E-state index is 12.4. The molecule has 0 N–H and O–H groups in total. The van der Waals surface area contributed by atoms with Gasteiger partial charge in [-0.3, -0.25) is 4.68 Å². The zero-order valence-corrected chi connectivity index (χ0v) is 14.5. The van der Waals surface area contributed by atoms with Crippen LogP contribution in [0.4, 0.5) is 5.69 Å². The first-order chi connectivity index (χ1) is 11.0. The van der Waals surface area contributed by atoms with Crippen molar-refractivity contribution in [2.75, 3.05) is 23.7 Å². The number of piperidine rings is 1. The summed E-state index contributed by atoms with van der Waals surface area (Å²) < 4.78 is 26.8. The van der Waals surface area contributed by atoms with Crippen molar-refractivity contribution in [1.29, 1.82) is 0 Å². The van der Waals surface area contributed by atoms with Crippen molar-refractivity contribution in [3.63, 3.8) is 0 Å². The molecule has 0 bridgehead atoms. The molecule has 0 aliphatic carbocycles. The van der Waals surface area contributed by atoms with E-state index in [4.69, 9.17) is 0 Å². The topological polar surface area (TPSA) is 55.2 Å². The minimum atomic E-state index is -3.22. The van der Waals surface area contributed by atoms with Gasteiger partial charge in [-0.1, -0.05) is 19.1 Å². The van der Waals surface area contributed by atoms with Gasteiger partial charge in [-0.15, -0.1) is 0 Å². The highest BCUT2D eigenvalue weighted by atomic mass is 32.2. The van der Waals surface area contributed by atoms with Crippen LogP contribution < -0.4 is 4.90 Å². The fourth-order valence-electron chi connectivity index (χ4n) is 3.16. The zero-order valence-electron chi connectivity index (χ0n) is 13.6. The van der Waals surface area contributed by atoms with E-state index < -0.39 is 9.84 Å². The van der Waals surface area contributed by atoms with Crippen molar-refractivity contribution in [3.05, 3.63) is 42.2 Å². The number of sulfone groups is 1. The summed E-state index contributed by atoms with van der Waals surface area (Å²) in [4.78, 5) is 2.63. The smallest absolute Gasteiger partial charge is 0.180 e. The second-order valence-electron chi connectivity index (χ2n) is 6.11. The van der Waals surface area contributed by atoms with Crippen LogP contribution >= 0.6 is 0 Å². The fourth-order valence-corrected chi connectivity index (χ4v) is 4.27. The number of rotatable bonds is 4. The van der Waals surface area contributed by atoms with Gasteiger partial charge < -0.3 is 4.90 Å². The monoisotopic (exact) mass is 333 g/mol. The van der Waals surface area contributed by atoms with Crippen LogP contribution in [-0.2, 0) is 9.84 Å². The summed E-state index contributed by atoms with van der Waals surface area (Å²) >= 11 is 0. The molecule has 0 spiro atoms. The predicted octanol–water partition coefficient (Wildman–Crippen LogP) is 2.83. The quantitative estimate of drug-likeness (QED) is 0.863. The Morgan fingerprint density at radius 1 is 1.30 bits per heavy atom. The third kappa shape index (κ3) is 3.27. The van der Waals surface area contributed by atoms with E-state index in [0.29, 0.717) is 4.90 Å². The summed E-state index contributed by atoms with van der Waals surface area (Å²) in [5.41, 5.74) is 1.97. The third-order valence-corrected chi connectivity index (χ3v) is 6.20. The molecule has 1 fully saturated rings. The Bertz CT molecular complexity index is 783. The number of aromatic nitrogens is 2. The summed E-state index contributed by atoms with van der Waals surface area (Å²) in [5.74, 6) is 0.125. The Morgan fingerprint density at radius 2 is 2.09 bits per heavy atom. The van der Waals surface area contributed by atoms with Crippen molar-refractivity contribution in [2.45, 2.75) is 37.6 Å². The second-order valence-corrected chi connectivity index (χ2v) is 8.36. The first kappa shape index (κ1) is 16.1. The van der Waals surface area contributed by atoms with Gasteiger partial charge in [0.15, 0.2) is 9.84 Å². The number of hydrogen-bond acceptors (Lipinski definition) is 4. The van der Waals surface area contributed by atoms with Crippen LogP contribution in [0.15, 0.2) is 41.6 Å². The molecule has 3 rings (SSSR count). The van der Waals surface area contributed by atoms with Crippen LogP contribution in [0.1, 0.15) is 31.4 Å². The molecule has 6 heteroatoms. The maximum Gasteiger partial charge on any atom is 0.180 e. The van der Waals surface area contributed by atoms with Crippen LogP contribution in [0.25, 0.3) is 0 Å². The van der Waals surface area contributed by atoms with Crippen LogP contribution in [0.5, 0.6) is 0 Å². The molecule has 0 amide bonds. The van der Waals surface area contributed by atoms with Gasteiger partial charge in [0.2, 0.25) is 0 Å². The van der Waals surface area contributed by atoms with E-state index in [1.54, 1.807) is 19.1 Å². The molecule has 124 valence electrons. The summed E-state index contributed by atoms with van der Waals surface area (Å²) in [5, 5.41) is 4.43. The van der Waals surface area contributed by atoms with E-state index >= 15 is 0 Å². The molecule has 0 unspecified atom stereocenters. The fraction of sp³-hybridized carbons (Fsp3) is 0.471. The highest BCUT2D eigenvalue weighted by Crippen LogP contribution is 2.31. The molecule has 1 aromatic heterocycles. The largest absolute Gasteiger partial charge is 0.368 e. The average Bonchev–Trinajstić information content (AvgIpc) is 3.01. The summed E-state index contributed by atoms with van der Waals surface area (Å²) in [6.07, 6.45) is 6.03. The van der Waals surface area contributed by atoms with E-state index in [1.165, 1.54) is 0 Å². The number of hydrogen-bond donors (Lipinski definition) is 0. The van der Waals surface area contributed by atoms with Gasteiger partial charge in [-0.25, -0.2) is 8.42 Å². The van der Waals surface area contributed by atoms with Crippen molar-refractivity contribution in [1.82, 2.24) is 9.78 Å². The lowest BCUT2D eigenvalue weighted by atomic mass is 10.1. The molecule has 1 aliphatic rings. The predicted molar refractivity (Wildman–Crippen MR) is 91.6 cm³/mol. The van der Waals surface area contributed by atoms with Gasteiger partial charge in [0, 0.05) is 19.3 Å². The normalized spacial score (nSPS) is 19.0. The van der Waals surface area contributed by atoms with E-state index in [9.17, 15) is 8.42 Å².